The molecule has 0 fully saturated rings. The molecule has 0 saturated carbocycles. The average Bonchev–Trinajstić information content (AvgIpc) is 2.95. The van der Waals surface area contributed by atoms with Crippen molar-refractivity contribution in [2.24, 2.45) is 0 Å². The highest BCUT2D eigenvalue weighted by atomic mass is 32.2. The summed E-state index contributed by atoms with van der Waals surface area (Å²) in [6, 6.07) is 1.94. The van der Waals surface area contributed by atoms with E-state index in [1.807, 2.05) is 13.8 Å². The van der Waals surface area contributed by atoms with E-state index in [4.69, 9.17) is 0 Å². The first kappa shape index (κ1) is 14.9. The van der Waals surface area contributed by atoms with Gasteiger partial charge in [-0.3, -0.25) is 4.72 Å². The van der Waals surface area contributed by atoms with Crippen molar-refractivity contribution in [1.29, 1.82) is 0 Å². The number of hydrogen-bond donors (Lipinski definition) is 3. The van der Waals surface area contributed by atoms with E-state index in [1.165, 1.54) is 17.5 Å². The van der Waals surface area contributed by atoms with Crippen LogP contribution in [-0.4, -0.2) is 29.6 Å². The summed E-state index contributed by atoms with van der Waals surface area (Å²) in [4.78, 5) is 3.13. The third kappa shape index (κ3) is 3.78. The van der Waals surface area contributed by atoms with Crippen molar-refractivity contribution in [3.63, 3.8) is 0 Å². The second-order valence-corrected chi connectivity index (χ2v) is 7.49. The Bertz CT molecular complexity index is 675. The zero-order valence-corrected chi connectivity index (χ0v) is 13.1. The Hall–Kier alpha value is -1.45. The Kier molecular flexibility index (Phi) is 4.41. The van der Waals surface area contributed by atoms with Gasteiger partial charge in [-0.15, -0.1) is 10.2 Å². The third-order valence-corrected chi connectivity index (χ3v) is 4.68. The minimum Gasteiger partial charge on any atom is -0.363 e. The van der Waals surface area contributed by atoms with Gasteiger partial charge in [-0.25, -0.2) is 8.42 Å². The third-order valence-electron chi connectivity index (χ3n) is 2.48. The largest absolute Gasteiger partial charge is 0.363 e. The van der Waals surface area contributed by atoms with Crippen LogP contribution >= 0.6 is 11.3 Å². The summed E-state index contributed by atoms with van der Waals surface area (Å²) in [5.41, 5.74) is 0.813. The summed E-state index contributed by atoms with van der Waals surface area (Å²) in [6.45, 7) is 6.41. The molecule has 0 aromatic carbocycles. The number of aromatic amines is 1. The molecule has 0 aliphatic carbocycles. The normalized spacial score (nSPS) is 12.0. The summed E-state index contributed by atoms with van der Waals surface area (Å²) in [5.74, 6) is 0. The number of aromatic nitrogens is 3. The number of aryl methyl sites for hydroxylation is 1. The molecule has 9 heteroatoms. The lowest BCUT2D eigenvalue weighted by Gasteiger charge is -2.05. The average molecular weight is 315 g/mol. The first-order valence-electron chi connectivity index (χ1n) is 6.10. The molecule has 7 nitrogen and oxygen atoms in total. The topological polar surface area (TPSA) is 99.8 Å². The minimum atomic E-state index is -3.62. The summed E-state index contributed by atoms with van der Waals surface area (Å²) >= 11 is 1.20. The standard InChI is InChI=1S/C11H17N5O2S2/c1-7(2)12-5-9-4-10(6-13-9)20(17,18)16-11-15-14-8(3)19-11/h4,6-7,12-13H,5H2,1-3H3,(H,15,16). The van der Waals surface area contributed by atoms with Crippen molar-refractivity contribution in [2.75, 3.05) is 4.72 Å². The first-order valence-corrected chi connectivity index (χ1v) is 8.40. The van der Waals surface area contributed by atoms with Gasteiger partial charge >= 0.3 is 0 Å². The highest BCUT2D eigenvalue weighted by Gasteiger charge is 2.18. The second kappa shape index (κ2) is 5.90. The van der Waals surface area contributed by atoms with Crippen LogP contribution in [0, 0.1) is 6.92 Å². The van der Waals surface area contributed by atoms with Gasteiger partial charge < -0.3 is 10.3 Å². The van der Waals surface area contributed by atoms with Crippen LogP contribution < -0.4 is 10.0 Å². The Balaban J connectivity index is 2.09. The number of anilines is 1. The molecule has 0 atom stereocenters. The van der Waals surface area contributed by atoms with Gasteiger partial charge in [0.05, 0.1) is 0 Å². The predicted octanol–water partition coefficient (Wildman–Crippen LogP) is 1.47. The van der Waals surface area contributed by atoms with Crippen molar-refractivity contribution >= 4 is 26.5 Å². The van der Waals surface area contributed by atoms with Gasteiger partial charge in [-0.2, -0.15) is 0 Å². The zero-order chi connectivity index (χ0) is 14.8. The van der Waals surface area contributed by atoms with Crippen LogP contribution in [0.3, 0.4) is 0 Å². The molecule has 0 bridgehead atoms. The molecule has 0 spiro atoms. The lowest BCUT2D eigenvalue weighted by atomic mass is 10.3. The fourth-order valence-corrected chi connectivity index (χ4v) is 3.34. The first-order chi connectivity index (χ1) is 9.37. The van der Waals surface area contributed by atoms with Crippen LogP contribution in [0.1, 0.15) is 24.5 Å². The van der Waals surface area contributed by atoms with Crippen molar-refractivity contribution in [3.05, 3.63) is 23.0 Å². The lowest BCUT2D eigenvalue weighted by Crippen LogP contribution is -2.21. The molecule has 0 unspecified atom stereocenters. The van der Waals surface area contributed by atoms with Gasteiger partial charge in [0.15, 0.2) is 0 Å². The maximum absolute atomic E-state index is 12.1. The Labute approximate surface area is 121 Å². The molecule has 0 aliphatic heterocycles. The molecule has 20 heavy (non-hydrogen) atoms. The van der Waals surface area contributed by atoms with Gasteiger partial charge in [0.2, 0.25) is 5.13 Å². The minimum absolute atomic E-state index is 0.186. The fourth-order valence-electron chi connectivity index (χ4n) is 1.50. The molecule has 2 aromatic rings. The van der Waals surface area contributed by atoms with E-state index >= 15 is 0 Å². The monoisotopic (exact) mass is 315 g/mol. The lowest BCUT2D eigenvalue weighted by molar-refractivity contribution is 0.582. The molecular weight excluding hydrogens is 298 g/mol. The maximum atomic E-state index is 12.1. The van der Waals surface area contributed by atoms with Crippen LogP contribution in [0.15, 0.2) is 17.2 Å². The quantitative estimate of drug-likeness (QED) is 0.749. The summed E-state index contributed by atoms with van der Waals surface area (Å²) in [7, 11) is -3.62. The van der Waals surface area contributed by atoms with E-state index in [2.05, 4.69) is 25.2 Å². The van der Waals surface area contributed by atoms with Crippen LogP contribution in [0.5, 0.6) is 0 Å². The fraction of sp³-hybridized carbons (Fsp3) is 0.455. The number of nitrogens with zero attached hydrogens (tertiary/aromatic N) is 2. The zero-order valence-electron chi connectivity index (χ0n) is 11.5. The van der Waals surface area contributed by atoms with E-state index in [1.54, 1.807) is 13.0 Å². The molecule has 2 aromatic heterocycles. The number of H-pyrrole nitrogens is 1. The second-order valence-electron chi connectivity index (χ2n) is 4.63. The van der Waals surface area contributed by atoms with E-state index in [-0.39, 0.29) is 10.0 Å². The SMILES string of the molecule is Cc1nnc(NS(=O)(=O)c2c[nH]c(CNC(C)C)c2)s1. The summed E-state index contributed by atoms with van der Waals surface area (Å²) < 4.78 is 26.7. The van der Waals surface area contributed by atoms with Crippen LogP contribution in [0.25, 0.3) is 0 Å². The Morgan fingerprint density at radius 1 is 1.40 bits per heavy atom. The smallest absolute Gasteiger partial charge is 0.265 e. The van der Waals surface area contributed by atoms with Crippen LogP contribution in [-0.2, 0) is 16.6 Å². The molecule has 2 heterocycles. The van der Waals surface area contributed by atoms with E-state index in [9.17, 15) is 8.42 Å². The number of rotatable bonds is 6. The van der Waals surface area contributed by atoms with Gasteiger partial charge in [-0.1, -0.05) is 25.2 Å². The highest BCUT2D eigenvalue weighted by molar-refractivity contribution is 7.93. The van der Waals surface area contributed by atoms with Gasteiger partial charge in [0.25, 0.3) is 10.0 Å². The van der Waals surface area contributed by atoms with E-state index in [0.29, 0.717) is 17.6 Å². The molecule has 0 aliphatic rings. The molecule has 2 rings (SSSR count). The van der Waals surface area contributed by atoms with Crippen molar-refractivity contribution in [3.8, 4) is 0 Å². The summed E-state index contributed by atoms with van der Waals surface area (Å²) in [5, 5.41) is 11.7. The summed E-state index contributed by atoms with van der Waals surface area (Å²) in [6.07, 6.45) is 1.47. The molecular formula is C11H17N5O2S2. The van der Waals surface area contributed by atoms with Gasteiger partial charge in [0.1, 0.15) is 9.90 Å². The van der Waals surface area contributed by atoms with Crippen molar-refractivity contribution in [1.82, 2.24) is 20.5 Å². The molecule has 3 N–H and O–H groups in total. The molecule has 0 radical (unpaired) electrons. The van der Waals surface area contributed by atoms with E-state index in [0.717, 1.165) is 5.69 Å². The molecule has 0 saturated heterocycles. The predicted molar refractivity (Wildman–Crippen MR) is 78.2 cm³/mol. The molecule has 110 valence electrons. The number of hydrogen-bond acceptors (Lipinski definition) is 6. The molecule has 0 amide bonds. The van der Waals surface area contributed by atoms with Gasteiger partial charge in [0, 0.05) is 24.5 Å². The Morgan fingerprint density at radius 2 is 2.15 bits per heavy atom. The Morgan fingerprint density at radius 3 is 2.75 bits per heavy atom. The maximum Gasteiger partial charge on any atom is 0.265 e. The number of nitrogens with one attached hydrogen (secondary N) is 3. The van der Waals surface area contributed by atoms with Crippen molar-refractivity contribution in [2.45, 2.75) is 38.3 Å². The van der Waals surface area contributed by atoms with E-state index < -0.39 is 10.0 Å². The van der Waals surface area contributed by atoms with Crippen molar-refractivity contribution < 1.29 is 8.42 Å². The van der Waals surface area contributed by atoms with Crippen LogP contribution in [0.2, 0.25) is 0 Å². The van der Waals surface area contributed by atoms with Crippen LogP contribution in [0.4, 0.5) is 5.13 Å². The van der Waals surface area contributed by atoms with Gasteiger partial charge in [-0.05, 0) is 13.0 Å². The number of sulfonamides is 1. The highest BCUT2D eigenvalue weighted by Crippen LogP contribution is 2.19.